The van der Waals surface area contributed by atoms with Crippen molar-refractivity contribution in [2.24, 2.45) is 7.05 Å². The zero-order chi connectivity index (χ0) is 21.3. The van der Waals surface area contributed by atoms with Gasteiger partial charge in [0.1, 0.15) is 33.8 Å². The summed E-state index contributed by atoms with van der Waals surface area (Å²) < 4.78 is 61.1. The molecule has 11 heteroatoms. The van der Waals surface area contributed by atoms with E-state index in [0.29, 0.717) is 0 Å². The molecule has 1 aromatic heterocycles. The lowest BCUT2D eigenvalue weighted by molar-refractivity contribution is 0.0973. The number of imidazole rings is 1. The topological polar surface area (TPSA) is 90.3 Å². The molecule has 0 saturated heterocycles. The van der Waals surface area contributed by atoms with E-state index in [0.717, 1.165) is 29.0 Å². The van der Waals surface area contributed by atoms with Crippen molar-refractivity contribution in [2.45, 2.75) is 4.90 Å². The average Bonchev–Trinajstić information content (AvgIpc) is 3.03. The standard InChI is InChI=1S/C18H14ClF2N3O4S/c1-24-14(9-22-17(24)16-12(20)4-3-5-13(16)21)18(25)23-29(26,27)15-8-10(28-2)6-7-11(15)19/h3-9H,1-2H3,(H,23,25). The molecule has 0 bridgehead atoms. The predicted molar refractivity (Wildman–Crippen MR) is 101 cm³/mol. The zero-order valence-electron chi connectivity index (χ0n) is 15.1. The number of hydrogen-bond acceptors (Lipinski definition) is 5. The lowest BCUT2D eigenvalue weighted by Gasteiger charge is -2.11. The van der Waals surface area contributed by atoms with Gasteiger partial charge in [0.05, 0.1) is 23.9 Å². The van der Waals surface area contributed by atoms with Gasteiger partial charge in [0, 0.05) is 13.1 Å². The summed E-state index contributed by atoms with van der Waals surface area (Å²) in [6, 6.07) is 7.20. The molecule has 152 valence electrons. The van der Waals surface area contributed by atoms with Gasteiger partial charge in [-0.15, -0.1) is 0 Å². The monoisotopic (exact) mass is 441 g/mol. The van der Waals surface area contributed by atoms with Crippen molar-refractivity contribution >= 4 is 27.5 Å². The Morgan fingerprint density at radius 3 is 2.48 bits per heavy atom. The van der Waals surface area contributed by atoms with Gasteiger partial charge in [0.15, 0.2) is 0 Å². The number of sulfonamides is 1. The highest BCUT2D eigenvalue weighted by Crippen LogP contribution is 2.27. The molecule has 1 amide bonds. The zero-order valence-corrected chi connectivity index (χ0v) is 16.7. The van der Waals surface area contributed by atoms with Crippen molar-refractivity contribution in [3.05, 3.63) is 64.9 Å². The number of benzene rings is 2. The molecule has 0 spiro atoms. The van der Waals surface area contributed by atoms with E-state index in [1.54, 1.807) is 0 Å². The number of hydrogen-bond donors (Lipinski definition) is 1. The maximum Gasteiger partial charge on any atom is 0.283 e. The first-order valence-corrected chi connectivity index (χ1v) is 9.88. The van der Waals surface area contributed by atoms with Crippen LogP contribution in [0.2, 0.25) is 5.02 Å². The summed E-state index contributed by atoms with van der Waals surface area (Å²) in [6.45, 7) is 0. The molecule has 0 aliphatic rings. The van der Waals surface area contributed by atoms with Crippen LogP contribution >= 0.6 is 11.6 Å². The second-order valence-electron chi connectivity index (χ2n) is 5.85. The first-order valence-electron chi connectivity index (χ1n) is 8.02. The third-order valence-electron chi connectivity index (χ3n) is 4.06. The minimum absolute atomic E-state index is 0.120. The number of carbonyl (C=O) groups is 1. The van der Waals surface area contributed by atoms with Crippen LogP contribution in [-0.2, 0) is 17.1 Å². The highest BCUT2D eigenvalue weighted by molar-refractivity contribution is 7.90. The molecular weight excluding hydrogens is 428 g/mol. The normalized spacial score (nSPS) is 11.3. The molecule has 0 atom stereocenters. The highest BCUT2D eigenvalue weighted by Gasteiger charge is 2.26. The van der Waals surface area contributed by atoms with E-state index in [-0.39, 0.29) is 27.2 Å². The second kappa shape index (κ2) is 7.80. The first-order chi connectivity index (χ1) is 13.7. The molecule has 1 heterocycles. The summed E-state index contributed by atoms with van der Waals surface area (Å²) in [4.78, 5) is 16.0. The summed E-state index contributed by atoms with van der Waals surface area (Å²) in [5.74, 6) is -2.76. The smallest absolute Gasteiger partial charge is 0.283 e. The average molecular weight is 442 g/mol. The molecule has 7 nitrogen and oxygen atoms in total. The summed E-state index contributed by atoms with van der Waals surface area (Å²) in [5, 5.41) is -0.120. The van der Waals surface area contributed by atoms with Gasteiger partial charge in [-0.3, -0.25) is 4.79 Å². The summed E-state index contributed by atoms with van der Waals surface area (Å²) >= 11 is 5.93. The fourth-order valence-electron chi connectivity index (χ4n) is 2.61. The number of ether oxygens (including phenoxy) is 1. The molecule has 3 rings (SSSR count). The minimum Gasteiger partial charge on any atom is -0.497 e. The van der Waals surface area contributed by atoms with Gasteiger partial charge >= 0.3 is 0 Å². The Hall–Kier alpha value is -2.98. The molecule has 3 aromatic rings. The summed E-state index contributed by atoms with van der Waals surface area (Å²) in [6.07, 6.45) is 1.01. The van der Waals surface area contributed by atoms with E-state index in [9.17, 15) is 22.0 Å². The number of carbonyl (C=O) groups excluding carboxylic acids is 1. The number of halogens is 3. The third kappa shape index (κ3) is 3.94. The van der Waals surface area contributed by atoms with E-state index in [2.05, 4.69) is 4.98 Å². The fraction of sp³-hybridized carbons (Fsp3) is 0.111. The van der Waals surface area contributed by atoms with Crippen LogP contribution in [0.5, 0.6) is 5.75 Å². The molecular formula is C18H14ClF2N3O4S. The van der Waals surface area contributed by atoms with Gasteiger partial charge in [-0.05, 0) is 24.3 Å². The van der Waals surface area contributed by atoms with Crippen LogP contribution in [0.4, 0.5) is 8.78 Å². The molecule has 0 aliphatic carbocycles. The van der Waals surface area contributed by atoms with Crippen molar-refractivity contribution < 1.29 is 26.7 Å². The van der Waals surface area contributed by atoms with E-state index < -0.39 is 33.1 Å². The summed E-state index contributed by atoms with van der Waals surface area (Å²) in [5.41, 5.74) is -0.669. The van der Waals surface area contributed by atoms with E-state index in [4.69, 9.17) is 16.3 Å². The SMILES string of the molecule is COc1ccc(Cl)c(S(=O)(=O)NC(=O)c2cnc(-c3c(F)cccc3F)n2C)c1. The Morgan fingerprint density at radius 1 is 1.21 bits per heavy atom. The Kier molecular flexibility index (Phi) is 5.58. The Morgan fingerprint density at radius 2 is 1.86 bits per heavy atom. The van der Waals surface area contributed by atoms with E-state index >= 15 is 0 Å². The van der Waals surface area contributed by atoms with E-state index in [1.807, 2.05) is 4.72 Å². The first kappa shape index (κ1) is 20.7. The second-order valence-corrected chi connectivity index (χ2v) is 7.91. The largest absolute Gasteiger partial charge is 0.497 e. The summed E-state index contributed by atoms with van der Waals surface area (Å²) in [7, 11) is -1.69. The van der Waals surface area contributed by atoms with Crippen molar-refractivity contribution in [2.75, 3.05) is 7.11 Å². The number of aromatic nitrogens is 2. The molecule has 0 aliphatic heterocycles. The number of nitrogens with one attached hydrogen (secondary N) is 1. The Balaban J connectivity index is 1.96. The molecule has 2 aromatic carbocycles. The quantitative estimate of drug-likeness (QED) is 0.657. The molecule has 0 radical (unpaired) electrons. The predicted octanol–water partition coefficient (Wildman–Crippen LogP) is 3.15. The highest BCUT2D eigenvalue weighted by atomic mass is 35.5. The van der Waals surface area contributed by atoms with Crippen molar-refractivity contribution in [1.29, 1.82) is 0 Å². The number of amides is 1. The van der Waals surface area contributed by atoms with Gasteiger partial charge in [0.2, 0.25) is 0 Å². The molecule has 1 N–H and O–H groups in total. The maximum absolute atomic E-state index is 14.0. The van der Waals surface area contributed by atoms with Crippen LogP contribution in [0.25, 0.3) is 11.4 Å². The number of rotatable bonds is 5. The van der Waals surface area contributed by atoms with Crippen LogP contribution in [0.1, 0.15) is 10.5 Å². The van der Waals surface area contributed by atoms with Crippen molar-refractivity contribution in [1.82, 2.24) is 14.3 Å². The molecule has 0 unspecified atom stereocenters. The van der Waals surface area contributed by atoms with E-state index in [1.165, 1.54) is 32.4 Å². The molecule has 0 fully saturated rings. The number of nitrogens with zero attached hydrogens (tertiary/aromatic N) is 2. The van der Waals surface area contributed by atoms with Crippen LogP contribution < -0.4 is 9.46 Å². The van der Waals surface area contributed by atoms with Crippen LogP contribution in [0, 0.1) is 11.6 Å². The molecule has 29 heavy (non-hydrogen) atoms. The van der Waals surface area contributed by atoms with Crippen LogP contribution in [0.3, 0.4) is 0 Å². The molecule has 0 saturated carbocycles. The van der Waals surface area contributed by atoms with Crippen molar-refractivity contribution in [3.63, 3.8) is 0 Å². The Labute approximate surface area is 169 Å². The van der Waals surface area contributed by atoms with Crippen LogP contribution in [0.15, 0.2) is 47.5 Å². The fourth-order valence-corrected chi connectivity index (χ4v) is 4.09. The minimum atomic E-state index is -4.36. The maximum atomic E-state index is 14.0. The van der Waals surface area contributed by atoms with Gasteiger partial charge in [0.25, 0.3) is 15.9 Å². The van der Waals surface area contributed by atoms with Gasteiger partial charge in [-0.1, -0.05) is 17.7 Å². The van der Waals surface area contributed by atoms with Gasteiger partial charge in [-0.25, -0.2) is 26.9 Å². The lowest BCUT2D eigenvalue weighted by Crippen LogP contribution is -2.32. The lowest BCUT2D eigenvalue weighted by atomic mass is 10.2. The third-order valence-corrected chi connectivity index (χ3v) is 5.87. The van der Waals surface area contributed by atoms with Gasteiger partial charge < -0.3 is 9.30 Å². The van der Waals surface area contributed by atoms with Gasteiger partial charge in [-0.2, -0.15) is 0 Å². The number of methoxy groups -OCH3 is 1. The van der Waals surface area contributed by atoms with Crippen molar-refractivity contribution in [3.8, 4) is 17.1 Å². The Bertz CT molecular complexity index is 1190. The van der Waals surface area contributed by atoms with Crippen LogP contribution in [-0.4, -0.2) is 31.0 Å².